The minimum Gasteiger partial charge on any atom is -0.376 e. The minimum atomic E-state index is -4.50. The Bertz CT molecular complexity index is 517. The fourth-order valence-electron chi connectivity index (χ4n) is 2.70. The Hall–Kier alpha value is -1.63. The number of hydrogen-bond acceptors (Lipinski definition) is 3. The predicted molar refractivity (Wildman–Crippen MR) is 78.9 cm³/mol. The average molecular weight is 330 g/mol. The predicted octanol–water partition coefficient (Wildman–Crippen LogP) is 3.43. The van der Waals surface area contributed by atoms with Crippen LogP contribution in [0.3, 0.4) is 0 Å². The molecule has 0 unspecified atom stereocenters. The van der Waals surface area contributed by atoms with Gasteiger partial charge in [-0.25, -0.2) is 0 Å². The maximum absolute atomic E-state index is 12.4. The first-order valence-corrected chi connectivity index (χ1v) is 7.81. The van der Waals surface area contributed by atoms with Crippen LogP contribution >= 0.6 is 0 Å². The summed E-state index contributed by atoms with van der Waals surface area (Å²) in [5.41, 5.74) is -0.910. The second-order valence-electron chi connectivity index (χ2n) is 5.86. The van der Waals surface area contributed by atoms with Crippen molar-refractivity contribution in [3.63, 3.8) is 0 Å². The molecule has 1 aromatic rings. The lowest BCUT2D eigenvalue weighted by Gasteiger charge is -2.28. The SMILES string of the molecule is C[C@H]1CCCC[C@H]1OCCNC(=O)c1ccc(C(F)(F)F)nc1. The summed E-state index contributed by atoms with van der Waals surface area (Å²) in [5, 5.41) is 2.63. The number of nitrogens with zero attached hydrogens (tertiary/aromatic N) is 1. The molecule has 0 saturated heterocycles. The van der Waals surface area contributed by atoms with Crippen LogP contribution in [-0.2, 0) is 10.9 Å². The van der Waals surface area contributed by atoms with E-state index < -0.39 is 17.8 Å². The van der Waals surface area contributed by atoms with Crippen LogP contribution in [0.25, 0.3) is 0 Å². The molecule has 4 nitrogen and oxygen atoms in total. The third-order valence-electron chi connectivity index (χ3n) is 4.07. The number of carbonyl (C=O) groups excluding carboxylic acids is 1. The van der Waals surface area contributed by atoms with E-state index in [9.17, 15) is 18.0 Å². The van der Waals surface area contributed by atoms with Gasteiger partial charge in [-0.3, -0.25) is 9.78 Å². The van der Waals surface area contributed by atoms with Gasteiger partial charge in [0, 0.05) is 12.7 Å². The number of ether oxygens (including phenoxy) is 1. The average Bonchev–Trinajstić information content (AvgIpc) is 2.52. The van der Waals surface area contributed by atoms with E-state index in [1.54, 1.807) is 0 Å². The Labute approximate surface area is 133 Å². The van der Waals surface area contributed by atoms with Gasteiger partial charge in [0.15, 0.2) is 0 Å². The van der Waals surface area contributed by atoms with Gasteiger partial charge in [-0.1, -0.05) is 19.8 Å². The molecule has 128 valence electrons. The fraction of sp³-hybridized carbons (Fsp3) is 0.625. The van der Waals surface area contributed by atoms with Gasteiger partial charge in [0.1, 0.15) is 5.69 Å². The van der Waals surface area contributed by atoms with Crippen molar-refractivity contribution in [2.24, 2.45) is 5.92 Å². The monoisotopic (exact) mass is 330 g/mol. The molecule has 1 N–H and O–H groups in total. The highest BCUT2D eigenvalue weighted by Gasteiger charge is 2.32. The zero-order valence-electron chi connectivity index (χ0n) is 13.0. The Kier molecular flexibility index (Phi) is 5.98. The number of carbonyl (C=O) groups is 1. The number of aromatic nitrogens is 1. The zero-order valence-corrected chi connectivity index (χ0v) is 13.0. The fourth-order valence-corrected chi connectivity index (χ4v) is 2.70. The lowest BCUT2D eigenvalue weighted by Crippen LogP contribution is -2.31. The number of rotatable bonds is 5. The first kappa shape index (κ1) is 17.7. The molecule has 2 rings (SSSR count). The molecular formula is C16H21F3N2O2. The second kappa shape index (κ2) is 7.77. The van der Waals surface area contributed by atoms with Crippen molar-refractivity contribution in [3.05, 3.63) is 29.6 Å². The highest BCUT2D eigenvalue weighted by atomic mass is 19.4. The molecule has 2 atom stereocenters. The molecule has 0 radical (unpaired) electrons. The summed E-state index contributed by atoms with van der Waals surface area (Å²) in [6.45, 7) is 2.88. The van der Waals surface area contributed by atoms with Gasteiger partial charge in [-0.05, 0) is 30.9 Å². The van der Waals surface area contributed by atoms with Crippen LogP contribution in [-0.4, -0.2) is 30.1 Å². The van der Waals surface area contributed by atoms with Gasteiger partial charge in [-0.2, -0.15) is 13.2 Å². The summed E-state index contributed by atoms with van der Waals surface area (Å²) < 4.78 is 43.0. The van der Waals surface area contributed by atoms with Crippen molar-refractivity contribution in [2.45, 2.75) is 44.9 Å². The van der Waals surface area contributed by atoms with E-state index in [-0.39, 0.29) is 11.7 Å². The molecule has 1 fully saturated rings. The van der Waals surface area contributed by atoms with Crippen LogP contribution in [0.1, 0.15) is 48.7 Å². The van der Waals surface area contributed by atoms with Crippen LogP contribution in [0.4, 0.5) is 13.2 Å². The smallest absolute Gasteiger partial charge is 0.376 e. The summed E-state index contributed by atoms with van der Waals surface area (Å²) in [6, 6.07) is 1.92. The summed E-state index contributed by atoms with van der Waals surface area (Å²) in [7, 11) is 0. The standard InChI is InChI=1S/C16H21F3N2O2/c1-11-4-2-3-5-13(11)23-9-8-20-15(22)12-6-7-14(21-10-12)16(17,18)19/h6-7,10-11,13H,2-5,8-9H2,1H3,(H,20,22)/t11-,13+/m0/s1. The van der Waals surface area contributed by atoms with E-state index >= 15 is 0 Å². The number of nitrogens with one attached hydrogen (secondary N) is 1. The normalized spacial score (nSPS) is 21.9. The van der Waals surface area contributed by atoms with Crippen molar-refractivity contribution >= 4 is 5.91 Å². The molecular weight excluding hydrogens is 309 g/mol. The topological polar surface area (TPSA) is 51.2 Å². The minimum absolute atomic E-state index is 0.101. The summed E-state index contributed by atoms with van der Waals surface area (Å²) in [4.78, 5) is 15.1. The van der Waals surface area contributed by atoms with Crippen LogP contribution in [0.2, 0.25) is 0 Å². The molecule has 0 spiro atoms. The lowest BCUT2D eigenvalue weighted by molar-refractivity contribution is -0.141. The molecule has 0 bridgehead atoms. The Balaban J connectivity index is 1.74. The van der Waals surface area contributed by atoms with Gasteiger partial charge in [0.25, 0.3) is 5.91 Å². The highest BCUT2D eigenvalue weighted by Crippen LogP contribution is 2.27. The zero-order chi connectivity index (χ0) is 16.9. The van der Waals surface area contributed by atoms with Crippen molar-refractivity contribution in [3.8, 4) is 0 Å². The summed E-state index contributed by atoms with van der Waals surface area (Å²) in [5.74, 6) is 0.0741. The van der Waals surface area contributed by atoms with Gasteiger partial charge in [0.2, 0.25) is 0 Å². The summed E-state index contributed by atoms with van der Waals surface area (Å²) >= 11 is 0. The molecule has 1 aliphatic carbocycles. The molecule has 1 aromatic heterocycles. The van der Waals surface area contributed by atoms with E-state index in [1.165, 1.54) is 12.8 Å². The van der Waals surface area contributed by atoms with E-state index in [0.717, 1.165) is 31.2 Å². The number of amides is 1. The number of pyridine rings is 1. The first-order valence-electron chi connectivity index (χ1n) is 7.81. The van der Waals surface area contributed by atoms with Crippen molar-refractivity contribution in [2.75, 3.05) is 13.2 Å². The highest BCUT2D eigenvalue weighted by molar-refractivity contribution is 5.93. The summed E-state index contributed by atoms with van der Waals surface area (Å²) in [6.07, 6.45) is 1.26. The van der Waals surface area contributed by atoms with E-state index in [1.807, 2.05) is 0 Å². The Morgan fingerprint density at radius 2 is 2.09 bits per heavy atom. The van der Waals surface area contributed by atoms with Crippen molar-refractivity contribution in [1.82, 2.24) is 10.3 Å². The van der Waals surface area contributed by atoms with Crippen LogP contribution in [0.5, 0.6) is 0 Å². The van der Waals surface area contributed by atoms with Gasteiger partial charge in [-0.15, -0.1) is 0 Å². The van der Waals surface area contributed by atoms with Crippen LogP contribution < -0.4 is 5.32 Å². The van der Waals surface area contributed by atoms with Gasteiger partial charge < -0.3 is 10.1 Å². The third kappa shape index (κ3) is 5.20. The Morgan fingerprint density at radius 1 is 1.35 bits per heavy atom. The molecule has 1 aliphatic rings. The molecule has 7 heteroatoms. The van der Waals surface area contributed by atoms with Crippen molar-refractivity contribution in [1.29, 1.82) is 0 Å². The van der Waals surface area contributed by atoms with E-state index in [0.29, 0.717) is 19.1 Å². The quantitative estimate of drug-likeness (QED) is 0.842. The van der Waals surface area contributed by atoms with Crippen LogP contribution in [0, 0.1) is 5.92 Å². The Morgan fingerprint density at radius 3 is 2.70 bits per heavy atom. The molecule has 1 amide bonds. The van der Waals surface area contributed by atoms with Gasteiger partial charge in [0.05, 0.1) is 18.3 Å². The largest absolute Gasteiger partial charge is 0.433 e. The maximum atomic E-state index is 12.4. The number of halogens is 3. The van der Waals surface area contributed by atoms with E-state index in [4.69, 9.17) is 4.74 Å². The second-order valence-corrected chi connectivity index (χ2v) is 5.86. The molecule has 0 aliphatic heterocycles. The lowest BCUT2D eigenvalue weighted by atomic mass is 9.88. The van der Waals surface area contributed by atoms with E-state index in [2.05, 4.69) is 17.2 Å². The van der Waals surface area contributed by atoms with Gasteiger partial charge >= 0.3 is 6.18 Å². The number of hydrogen-bond donors (Lipinski definition) is 1. The molecule has 1 saturated carbocycles. The first-order chi connectivity index (χ1) is 10.9. The molecule has 1 heterocycles. The molecule has 0 aromatic carbocycles. The number of alkyl halides is 3. The van der Waals surface area contributed by atoms with Crippen LogP contribution in [0.15, 0.2) is 18.3 Å². The maximum Gasteiger partial charge on any atom is 0.433 e. The molecule has 23 heavy (non-hydrogen) atoms. The van der Waals surface area contributed by atoms with Crippen molar-refractivity contribution < 1.29 is 22.7 Å². The third-order valence-corrected chi connectivity index (χ3v) is 4.07.